The van der Waals surface area contributed by atoms with Crippen LogP contribution in [0.15, 0.2) is 48.5 Å². The quantitative estimate of drug-likeness (QED) is 0.825. The van der Waals surface area contributed by atoms with E-state index in [1.165, 1.54) is 5.56 Å². The molecule has 0 radical (unpaired) electrons. The SMILES string of the molecule is CNCc1ccc(N(CCO)Cc2ccccc2)cc1Cl. The molecule has 3 nitrogen and oxygen atoms in total. The number of nitrogens with one attached hydrogen (secondary N) is 1. The van der Waals surface area contributed by atoms with E-state index in [0.717, 1.165) is 29.4 Å². The monoisotopic (exact) mass is 304 g/mol. The molecule has 0 aliphatic heterocycles. The van der Waals surface area contributed by atoms with E-state index < -0.39 is 0 Å². The summed E-state index contributed by atoms with van der Waals surface area (Å²) in [4.78, 5) is 2.13. The maximum absolute atomic E-state index is 9.30. The minimum atomic E-state index is 0.114. The highest BCUT2D eigenvalue weighted by Gasteiger charge is 2.09. The summed E-state index contributed by atoms with van der Waals surface area (Å²) in [7, 11) is 1.90. The third-order valence-electron chi connectivity index (χ3n) is 3.36. The topological polar surface area (TPSA) is 35.5 Å². The molecule has 4 heteroatoms. The zero-order valence-corrected chi connectivity index (χ0v) is 13.0. The molecular formula is C17H21ClN2O. The summed E-state index contributed by atoms with van der Waals surface area (Å²) in [5.74, 6) is 0. The van der Waals surface area contributed by atoms with Gasteiger partial charge in [0, 0.05) is 30.3 Å². The fraction of sp³-hybridized carbons (Fsp3) is 0.294. The summed E-state index contributed by atoms with van der Waals surface area (Å²) in [6.45, 7) is 2.19. The number of anilines is 1. The number of rotatable bonds is 7. The molecule has 2 aromatic carbocycles. The Morgan fingerprint density at radius 3 is 2.52 bits per heavy atom. The number of halogens is 1. The van der Waals surface area contributed by atoms with Crippen LogP contribution in [0.25, 0.3) is 0 Å². The Bertz CT molecular complexity index is 560. The summed E-state index contributed by atoms with van der Waals surface area (Å²) in [6, 6.07) is 16.3. The highest BCUT2D eigenvalue weighted by Crippen LogP contribution is 2.25. The Balaban J connectivity index is 2.19. The molecule has 0 saturated carbocycles. The number of hydrogen-bond acceptors (Lipinski definition) is 3. The van der Waals surface area contributed by atoms with Crippen LogP contribution in [-0.4, -0.2) is 25.3 Å². The number of benzene rings is 2. The first kappa shape index (κ1) is 15.8. The van der Waals surface area contributed by atoms with E-state index in [-0.39, 0.29) is 6.61 Å². The first-order valence-corrected chi connectivity index (χ1v) is 7.45. The number of nitrogens with zero attached hydrogens (tertiary/aromatic N) is 1. The molecule has 2 rings (SSSR count). The van der Waals surface area contributed by atoms with Crippen LogP contribution < -0.4 is 10.2 Å². The van der Waals surface area contributed by atoms with Gasteiger partial charge >= 0.3 is 0 Å². The molecule has 112 valence electrons. The number of aliphatic hydroxyl groups excluding tert-OH is 1. The lowest BCUT2D eigenvalue weighted by atomic mass is 10.1. The Morgan fingerprint density at radius 1 is 1.14 bits per heavy atom. The van der Waals surface area contributed by atoms with E-state index >= 15 is 0 Å². The van der Waals surface area contributed by atoms with Crippen LogP contribution in [0.4, 0.5) is 5.69 Å². The average Bonchev–Trinajstić information content (AvgIpc) is 2.50. The average molecular weight is 305 g/mol. The van der Waals surface area contributed by atoms with Crippen molar-refractivity contribution in [3.05, 3.63) is 64.7 Å². The van der Waals surface area contributed by atoms with Crippen molar-refractivity contribution in [3.8, 4) is 0 Å². The second-order valence-corrected chi connectivity index (χ2v) is 5.34. The normalized spacial score (nSPS) is 10.6. The van der Waals surface area contributed by atoms with E-state index in [9.17, 15) is 5.11 Å². The first-order chi connectivity index (χ1) is 10.2. The van der Waals surface area contributed by atoms with Gasteiger partial charge in [0.25, 0.3) is 0 Å². The van der Waals surface area contributed by atoms with E-state index in [0.29, 0.717) is 6.54 Å². The minimum Gasteiger partial charge on any atom is -0.395 e. The fourth-order valence-corrected chi connectivity index (χ4v) is 2.53. The van der Waals surface area contributed by atoms with Gasteiger partial charge in [-0.1, -0.05) is 48.0 Å². The smallest absolute Gasteiger partial charge is 0.0606 e. The van der Waals surface area contributed by atoms with Crippen LogP contribution in [-0.2, 0) is 13.1 Å². The van der Waals surface area contributed by atoms with Crippen molar-refractivity contribution in [1.29, 1.82) is 0 Å². The summed E-state index contributed by atoms with van der Waals surface area (Å²) in [6.07, 6.45) is 0. The molecule has 21 heavy (non-hydrogen) atoms. The van der Waals surface area contributed by atoms with Gasteiger partial charge in [-0.3, -0.25) is 0 Å². The minimum absolute atomic E-state index is 0.114. The summed E-state index contributed by atoms with van der Waals surface area (Å²) in [5, 5.41) is 13.1. The summed E-state index contributed by atoms with van der Waals surface area (Å²) >= 11 is 6.33. The lowest BCUT2D eigenvalue weighted by molar-refractivity contribution is 0.301. The highest BCUT2D eigenvalue weighted by atomic mass is 35.5. The molecule has 0 aliphatic rings. The maximum atomic E-state index is 9.30. The van der Waals surface area contributed by atoms with Crippen molar-refractivity contribution >= 4 is 17.3 Å². The Labute approximate surface area is 131 Å². The number of aliphatic hydroxyl groups is 1. The molecule has 0 aromatic heterocycles. The largest absolute Gasteiger partial charge is 0.395 e. The fourth-order valence-electron chi connectivity index (χ4n) is 2.29. The van der Waals surface area contributed by atoms with Crippen molar-refractivity contribution in [2.75, 3.05) is 25.1 Å². The van der Waals surface area contributed by atoms with Crippen molar-refractivity contribution in [2.45, 2.75) is 13.1 Å². The molecule has 0 bridgehead atoms. The van der Waals surface area contributed by atoms with Gasteiger partial charge in [-0.2, -0.15) is 0 Å². The van der Waals surface area contributed by atoms with Crippen LogP contribution in [0, 0.1) is 0 Å². The van der Waals surface area contributed by atoms with Gasteiger partial charge in [-0.05, 0) is 30.3 Å². The van der Waals surface area contributed by atoms with Gasteiger partial charge in [0.15, 0.2) is 0 Å². The lowest BCUT2D eigenvalue weighted by Gasteiger charge is -2.25. The third-order valence-corrected chi connectivity index (χ3v) is 3.71. The van der Waals surface area contributed by atoms with E-state index in [4.69, 9.17) is 11.6 Å². The van der Waals surface area contributed by atoms with Crippen LogP contribution in [0.1, 0.15) is 11.1 Å². The van der Waals surface area contributed by atoms with Crippen LogP contribution in [0.3, 0.4) is 0 Å². The second-order valence-electron chi connectivity index (χ2n) is 4.94. The van der Waals surface area contributed by atoms with E-state index in [1.54, 1.807) is 0 Å². The second kappa shape index (κ2) is 8.03. The van der Waals surface area contributed by atoms with E-state index in [1.807, 2.05) is 37.4 Å². The van der Waals surface area contributed by atoms with Gasteiger partial charge in [-0.15, -0.1) is 0 Å². The summed E-state index contributed by atoms with van der Waals surface area (Å²) < 4.78 is 0. The van der Waals surface area contributed by atoms with Crippen molar-refractivity contribution < 1.29 is 5.11 Å². The molecule has 0 spiro atoms. The third kappa shape index (κ3) is 4.46. The van der Waals surface area contributed by atoms with Crippen LogP contribution in [0.2, 0.25) is 5.02 Å². The molecule has 0 fully saturated rings. The molecule has 0 unspecified atom stereocenters. The Kier molecular flexibility index (Phi) is 6.05. The molecule has 0 heterocycles. The van der Waals surface area contributed by atoms with E-state index in [2.05, 4.69) is 28.4 Å². The zero-order valence-electron chi connectivity index (χ0n) is 12.2. The molecule has 2 aromatic rings. The van der Waals surface area contributed by atoms with Gasteiger partial charge < -0.3 is 15.3 Å². The van der Waals surface area contributed by atoms with Gasteiger partial charge in [-0.25, -0.2) is 0 Å². The molecule has 0 atom stereocenters. The lowest BCUT2D eigenvalue weighted by Crippen LogP contribution is -2.26. The van der Waals surface area contributed by atoms with Crippen molar-refractivity contribution in [3.63, 3.8) is 0 Å². The van der Waals surface area contributed by atoms with Gasteiger partial charge in [0.1, 0.15) is 0 Å². The highest BCUT2D eigenvalue weighted by molar-refractivity contribution is 6.31. The predicted octanol–water partition coefficient (Wildman–Crippen LogP) is 3.06. The first-order valence-electron chi connectivity index (χ1n) is 7.07. The summed E-state index contributed by atoms with van der Waals surface area (Å²) in [5.41, 5.74) is 3.31. The predicted molar refractivity (Wildman–Crippen MR) is 88.8 cm³/mol. The van der Waals surface area contributed by atoms with Crippen LogP contribution in [0.5, 0.6) is 0 Å². The maximum Gasteiger partial charge on any atom is 0.0606 e. The van der Waals surface area contributed by atoms with Crippen molar-refractivity contribution in [2.24, 2.45) is 0 Å². The molecular weight excluding hydrogens is 284 g/mol. The van der Waals surface area contributed by atoms with Gasteiger partial charge in [0.05, 0.1) is 6.61 Å². The Morgan fingerprint density at radius 2 is 1.90 bits per heavy atom. The molecule has 2 N–H and O–H groups in total. The zero-order chi connectivity index (χ0) is 15.1. The Hall–Kier alpha value is -1.55. The van der Waals surface area contributed by atoms with Crippen molar-refractivity contribution in [1.82, 2.24) is 5.32 Å². The standard InChI is InChI=1S/C17H21ClN2O/c1-19-12-15-7-8-16(11-17(15)18)20(9-10-21)13-14-5-3-2-4-6-14/h2-8,11,19,21H,9-10,12-13H2,1H3. The number of hydrogen-bond donors (Lipinski definition) is 2. The van der Waals surface area contributed by atoms with Gasteiger partial charge in [0.2, 0.25) is 0 Å². The van der Waals surface area contributed by atoms with Crippen LogP contribution >= 0.6 is 11.6 Å². The molecule has 0 saturated heterocycles. The molecule has 0 aliphatic carbocycles. The molecule has 0 amide bonds.